The van der Waals surface area contributed by atoms with E-state index in [1.807, 2.05) is 0 Å². The lowest BCUT2D eigenvalue weighted by Crippen LogP contribution is -2.51. The molecule has 0 fully saturated rings. The van der Waals surface area contributed by atoms with Crippen LogP contribution in [0.5, 0.6) is 5.75 Å². The summed E-state index contributed by atoms with van der Waals surface area (Å²) < 4.78 is 19.8. The van der Waals surface area contributed by atoms with Crippen molar-refractivity contribution in [3.8, 4) is 5.75 Å². The van der Waals surface area contributed by atoms with Crippen molar-refractivity contribution in [2.24, 2.45) is 4.99 Å². The average molecular weight is 418 g/mol. The first-order chi connectivity index (χ1) is 14.9. The third-order valence-electron chi connectivity index (χ3n) is 5.19. The number of halogens is 1. The molecule has 0 bridgehead atoms. The number of likely N-dealkylation sites (N-methyl/N-ethyl adjacent to an activating group) is 1. The van der Waals surface area contributed by atoms with Crippen molar-refractivity contribution >= 4 is 23.1 Å². The van der Waals surface area contributed by atoms with Gasteiger partial charge in [0, 0.05) is 23.7 Å². The number of para-hydroxylation sites is 1. The van der Waals surface area contributed by atoms with Crippen molar-refractivity contribution in [2.75, 3.05) is 19.1 Å². The predicted molar refractivity (Wildman–Crippen MR) is 114 cm³/mol. The number of methoxy groups -OCH3 is 1. The molecule has 0 aliphatic carbocycles. The van der Waals surface area contributed by atoms with Gasteiger partial charge < -0.3 is 14.7 Å². The highest BCUT2D eigenvalue weighted by molar-refractivity contribution is 6.27. The summed E-state index contributed by atoms with van der Waals surface area (Å²) in [6.45, 7) is 0. The Bertz CT molecular complexity index is 1210. The van der Waals surface area contributed by atoms with Crippen molar-refractivity contribution in [3.05, 3.63) is 95.3 Å². The first-order valence-electron chi connectivity index (χ1n) is 9.50. The van der Waals surface area contributed by atoms with Gasteiger partial charge in [0.05, 0.1) is 18.5 Å². The van der Waals surface area contributed by atoms with Crippen LogP contribution < -0.4 is 9.64 Å². The first kappa shape index (κ1) is 20.4. The molecule has 7 heteroatoms. The van der Waals surface area contributed by atoms with E-state index < -0.39 is 23.2 Å². The second-order valence-corrected chi connectivity index (χ2v) is 7.05. The van der Waals surface area contributed by atoms with Gasteiger partial charge in [-0.25, -0.2) is 9.38 Å². The Labute approximate surface area is 178 Å². The molecule has 0 aromatic heterocycles. The van der Waals surface area contributed by atoms with Crippen LogP contribution in [0.1, 0.15) is 21.5 Å². The Morgan fingerprint density at radius 2 is 1.61 bits per heavy atom. The minimum absolute atomic E-state index is 0.00996. The van der Waals surface area contributed by atoms with Gasteiger partial charge in [0.25, 0.3) is 5.91 Å². The number of benzene rings is 3. The van der Waals surface area contributed by atoms with Crippen molar-refractivity contribution < 1.29 is 23.8 Å². The van der Waals surface area contributed by atoms with E-state index in [1.54, 1.807) is 30.3 Å². The third kappa shape index (κ3) is 3.39. The second-order valence-electron chi connectivity index (χ2n) is 7.05. The van der Waals surface area contributed by atoms with Gasteiger partial charge in [-0.3, -0.25) is 9.59 Å². The topological polar surface area (TPSA) is 79.2 Å². The molecule has 4 rings (SSSR count). The van der Waals surface area contributed by atoms with Gasteiger partial charge in [-0.1, -0.05) is 30.3 Å². The average Bonchev–Trinajstić information content (AvgIpc) is 2.89. The monoisotopic (exact) mass is 418 g/mol. The van der Waals surface area contributed by atoms with Crippen LogP contribution in [0.2, 0.25) is 0 Å². The highest BCUT2D eigenvalue weighted by Crippen LogP contribution is 2.33. The van der Waals surface area contributed by atoms with Gasteiger partial charge in [0.2, 0.25) is 5.78 Å². The van der Waals surface area contributed by atoms with Gasteiger partial charge >= 0.3 is 5.72 Å². The van der Waals surface area contributed by atoms with Crippen LogP contribution in [-0.2, 0) is 4.79 Å². The fourth-order valence-electron chi connectivity index (χ4n) is 3.53. The maximum Gasteiger partial charge on any atom is 0.302 e. The number of carbonyl (C=O) groups is 2. The summed E-state index contributed by atoms with van der Waals surface area (Å²) in [4.78, 5) is 31.9. The number of anilines is 1. The summed E-state index contributed by atoms with van der Waals surface area (Å²) in [5.74, 6) is -1.94. The number of Topliss-reactive ketones (excluding diaryl/α,β-unsaturated/α-hetero) is 1. The zero-order valence-electron chi connectivity index (χ0n) is 16.9. The number of benzodiazepines with no additional fused rings is 1. The van der Waals surface area contributed by atoms with E-state index in [1.165, 1.54) is 56.6 Å². The molecule has 1 N–H and O–H groups in total. The highest BCUT2D eigenvalue weighted by Gasteiger charge is 2.49. The molecule has 1 aliphatic rings. The molecule has 3 aromatic carbocycles. The molecule has 0 spiro atoms. The normalized spacial score (nSPS) is 18.1. The van der Waals surface area contributed by atoms with Gasteiger partial charge in [-0.2, -0.15) is 0 Å². The Kier molecular flexibility index (Phi) is 5.12. The summed E-state index contributed by atoms with van der Waals surface area (Å²) in [5, 5.41) is 11.4. The molecule has 0 radical (unpaired) electrons. The first-order valence-corrected chi connectivity index (χ1v) is 9.50. The lowest BCUT2D eigenvalue weighted by molar-refractivity contribution is -0.131. The number of nitrogens with zero attached hydrogens (tertiary/aromatic N) is 2. The van der Waals surface area contributed by atoms with E-state index in [0.29, 0.717) is 17.0 Å². The van der Waals surface area contributed by atoms with E-state index in [0.717, 1.165) is 4.90 Å². The number of ether oxygens (including phenoxy) is 1. The number of aliphatic imine (C=N–C) groups is 1. The molecule has 3 aromatic rings. The standard InChI is InChI=1S/C24H19FN2O4/c1-27-20-10-6-4-8-18(20)21(17-7-3-5-9-19(17)25)26-24(30,23(27)29)22(28)15-11-13-16(31-2)14-12-15/h3-14,30H,1-2H3. The van der Waals surface area contributed by atoms with Gasteiger partial charge in [-0.15, -0.1) is 0 Å². The Morgan fingerprint density at radius 3 is 2.26 bits per heavy atom. The smallest absolute Gasteiger partial charge is 0.302 e. The Morgan fingerprint density at radius 1 is 1.00 bits per heavy atom. The summed E-state index contributed by atoms with van der Waals surface area (Å²) >= 11 is 0. The molecule has 1 heterocycles. The lowest BCUT2D eigenvalue weighted by atomic mass is 9.98. The number of amides is 1. The van der Waals surface area contributed by atoms with Crippen molar-refractivity contribution in [2.45, 2.75) is 5.72 Å². The zero-order chi connectivity index (χ0) is 22.2. The minimum atomic E-state index is -2.78. The van der Waals surface area contributed by atoms with E-state index >= 15 is 0 Å². The van der Waals surface area contributed by atoms with Crippen LogP contribution in [0.25, 0.3) is 0 Å². The fourth-order valence-corrected chi connectivity index (χ4v) is 3.53. The van der Waals surface area contributed by atoms with E-state index in [4.69, 9.17) is 4.74 Å². The Hall–Kier alpha value is -3.84. The minimum Gasteiger partial charge on any atom is -0.497 e. The Balaban J connectivity index is 1.95. The molecule has 0 saturated heterocycles. The van der Waals surface area contributed by atoms with Crippen LogP contribution in [0.3, 0.4) is 0 Å². The molecule has 156 valence electrons. The van der Waals surface area contributed by atoms with Crippen molar-refractivity contribution in [1.82, 2.24) is 0 Å². The molecule has 1 atom stereocenters. The molecular weight excluding hydrogens is 399 g/mol. The van der Waals surface area contributed by atoms with Crippen LogP contribution in [0.4, 0.5) is 10.1 Å². The summed E-state index contributed by atoms with van der Waals surface area (Å²) in [6, 6.07) is 18.5. The third-order valence-corrected chi connectivity index (χ3v) is 5.19. The lowest BCUT2D eigenvalue weighted by Gasteiger charge is -2.25. The predicted octanol–water partition coefficient (Wildman–Crippen LogP) is 3.22. The fraction of sp³-hybridized carbons (Fsp3) is 0.125. The number of rotatable bonds is 4. The molecular formula is C24H19FN2O4. The number of hydrogen-bond acceptors (Lipinski definition) is 5. The zero-order valence-corrected chi connectivity index (χ0v) is 16.9. The van der Waals surface area contributed by atoms with Gasteiger partial charge in [-0.05, 0) is 42.5 Å². The second kappa shape index (κ2) is 7.77. The number of ketones is 1. The number of hydrogen-bond donors (Lipinski definition) is 1. The summed E-state index contributed by atoms with van der Waals surface area (Å²) in [5.41, 5.74) is -1.82. The van der Waals surface area contributed by atoms with Crippen LogP contribution in [0.15, 0.2) is 77.8 Å². The quantitative estimate of drug-likeness (QED) is 0.521. The number of aliphatic hydroxyl groups is 1. The van der Waals surface area contributed by atoms with Crippen LogP contribution in [-0.4, -0.2) is 42.4 Å². The SMILES string of the molecule is COc1ccc(C(=O)C2(O)N=C(c3ccccc3F)c3ccccc3N(C)C2=O)cc1. The number of carbonyl (C=O) groups excluding carboxylic acids is 2. The van der Waals surface area contributed by atoms with Crippen molar-refractivity contribution in [1.29, 1.82) is 0 Å². The molecule has 6 nitrogen and oxygen atoms in total. The van der Waals surface area contributed by atoms with Gasteiger partial charge in [0.1, 0.15) is 11.6 Å². The van der Waals surface area contributed by atoms with Crippen LogP contribution in [0, 0.1) is 5.82 Å². The van der Waals surface area contributed by atoms with Gasteiger partial charge in [0.15, 0.2) is 0 Å². The largest absolute Gasteiger partial charge is 0.497 e. The maximum atomic E-state index is 14.7. The van der Waals surface area contributed by atoms with Crippen LogP contribution >= 0.6 is 0 Å². The van der Waals surface area contributed by atoms with E-state index in [-0.39, 0.29) is 16.8 Å². The molecule has 1 unspecified atom stereocenters. The molecule has 1 amide bonds. The number of fused-ring (bicyclic) bond motifs is 1. The molecule has 0 saturated carbocycles. The van der Waals surface area contributed by atoms with E-state index in [9.17, 15) is 19.1 Å². The molecule has 1 aliphatic heterocycles. The van der Waals surface area contributed by atoms with Crippen molar-refractivity contribution in [3.63, 3.8) is 0 Å². The highest BCUT2D eigenvalue weighted by atomic mass is 19.1. The maximum absolute atomic E-state index is 14.7. The summed E-state index contributed by atoms with van der Waals surface area (Å²) in [6.07, 6.45) is 0. The van der Waals surface area contributed by atoms with E-state index in [2.05, 4.69) is 4.99 Å². The molecule has 31 heavy (non-hydrogen) atoms. The summed E-state index contributed by atoms with van der Waals surface area (Å²) in [7, 11) is 2.92.